The summed E-state index contributed by atoms with van der Waals surface area (Å²) >= 11 is 0. The van der Waals surface area contributed by atoms with Gasteiger partial charge in [-0.05, 0) is 30.5 Å². The second-order valence-electron chi connectivity index (χ2n) is 4.26. The van der Waals surface area contributed by atoms with Gasteiger partial charge in [0.1, 0.15) is 0 Å². The van der Waals surface area contributed by atoms with Crippen LogP contribution in [-0.4, -0.2) is 23.2 Å². The number of amides is 1. The molecule has 0 bridgehead atoms. The van der Waals surface area contributed by atoms with Crippen LogP contribution in [0.15, 0.2) is 42.1 Å². The van der Waals surface area contributed by atoms with Gasteiger partial charge in [0.05, 0.1) is 0 Å². The third-order valence-electron chi connectivity index (χ3n) is 2.86. The zero-order chi connectivity index (χ0) is 12.8. The zero-order valence-electron chi connectivity index (χ0n) is 10.1. The van der Waals surface area contributed by atoms with E-state index in [0.29, 0.717) is 13.0 Å². The quantitative estimate of drug-likeness (QED) is 0.745. The highest BCUT2D eigenvalue weighted by Crippen LogP contribution is 2.08. The predicted octanol–water partition coefficient (Wildman–Crippen LogP) is 1.52. The average Bonchev–Trinajstić information content (AvgIpc) is 3.05. The van der Waals surface area contributed by atoms with Crippen LogP contribution in [0.2, 0.25) is 0 Å². The van der Waals surface area contributed by atoms with Gasteiger partial charge in [-0.25, -0.2) is 0 Å². The number of Topliss-reactive ketones (excluding diaryl/α,β-unsaturated/α-hetero) is 1. The minimum atomic E-state index is -0.491. The first-order valence-corrected chi connectivity index (χ1v) is 6.03. The summed E-state index contributed by atoms with van der Waals surface area (Å²) in [6.07, 6.45) is 9.41. The van der Waals surface area contributed by atoms with E-state index in [1.54, 1.807) is 6.20 Å². The molecule has 4 nitrogen and oxygen atoms in total. The Morgan fingerprint density at radius 2 is 2.28 bits per heavy atom. The van der Waals surface area contributed by atoms with Crippen molar-refractivity contribution in [1.82, 2.24) is 10.3 Å². The van der Waals surface area contributed by atoms with Gasteiger partial charge in [-0.3, -0.25) is 9.59 Å². The van der Waals surface area contributed by atoms with Crippen molar-refractivity contribution < 1.29 is 9.59 Å². The summed E-state index contributed by atoms with van der Waals surface area (Å²) in [6.45, 7) is 0.458. The van der Waals surface area contributed by atoms with Gasteiger partial charge in [0.15, 0.2) is 0 Å². The molecule has 0 spiro atoms. The number of H-pyrrole nitrogens is 1. The third-order valence-corrected chi connectivity index (χ3v) is 2.86. The molecule has 0 aromatic carbocycles. The normalized spacial score (nSPS) is 13.4. The summed E-state index contributed by atoms with van der Waals surface area (Å²) in [7, 11) is 0. The standard InChI is InChI=1S/C14H16N2O2/c17-13(8-7-12-6-3-9-15-12)14(18)16-10-11-4-1-2-5-11/h1-4,6,9,15H,5,7-8,10H2,(H,16,18). The van der Waals surface area contributed by atoms with E-state index in [1.807, 2.05) is 30.4 Å². The van der Waals surface area contributed by atoms with E-state index in [9.17, 15) is 9.59 Å². The van der Waals surface area contributed by atoms with E-state index in [0.717, 1.165) is 17.7 Å². The summed E-state index contributed by atoms with van der Waals surface area (Å²) in [5.41, 5.74) is 2.10. The molecule has 2 rings (SSSR count). The van der Waals surface area contributed by atoms with Crippen molar-refractivity contribution in [1.29, 1.82) is 0 Å². The van der Waals surface area contributed by atoms with Crippen LogP contribution >= 0.6 is 0 Å². The molecule has 18 heavy (non-hydrogen) atoms. The lowest BCUT2D eigenvalue weighted by atomic mass is 10.1. The molecule has 0 unspecified atom stereocenters. The molecule has 1 amide bonds. The molecule has 2 N–H and O–H groups in total. The molecular formula is C14H16N2O2. The first kappa shape index (κ1) is 12.4. The molecule has 4 heteroatoms. The molecule has 0 aliphatic heterocycles. The van der Waals surface area contributed by atoms with Crippen molar-refractivity contribution in [2.75, 3.05) is 6.54 Å². The number of ketones is 1. The molecule has 1 aliphatic rings. The van der Waals surface area contributed by atoms with Gasteiger partial charge in [-0.15, -0.1) is 0 Å². The molecule has 1 aromatic rings. The van der Waals surface area contributed by atoms with Gasteiger partial charge in [0.2, 0.25) is 5.78 Å². The number of allylic oxidation sites excluding steroid dienone is 3. The molecule has 1 aliphatic carbocycles. The number of hydrogen-bond acceptors (Lipinski definition) is 2. The van der Waals surface area contributed by atoms with Crippen molar-refractivity contribution in [3.63, 3.8) is 0 Å². The molecule has 1 heterocycles. The van der Waals surface area contributed by atoms with Crippen molar-refractivity contribution in [2.45, 2.75) is 19.3 Å². The van der Waals surface area contributed by atoms with Gasteiger partial charge >= 0.3 is 0 Å². The third kappa shape index (κ3) is 3.45. The second kappa shape index (κ2) is 6.00. The largest absolute Gasteiger partial charge is 0.365 e. The Balaban J connectivity index is 1.70. The highest BCUT2D eigenvalue weighted by atomic mass is 16.2. The summed E-state index contributed by atoms with van der Waals surface area (Å²) in [5.74, 6) is -0.856. The van der Waals surface area contributed by atoms with Crippen LogP contribution in [0.4, 0.5) is 0 Å². The van der Waals surface area contributed by atoms with Crippen LogP contribution in [0.1, 0.15) is 18.5 Å². The van der Waals surface area contributed by atoms with Gasteiger partial charge in [0.25, 0.3) is 5.91 Å². The Kier molecular flexibility index (Phi) is 4.12. The number of aromatic amines is 1. The van der Waals surface area contributed by atoms with Gasteiger partial charge in [-0.2, -0.15) is 0 Å². The van der Waals surface area contributed by atoms with Gasteiger partial charge < -0.3 is 10.3 Å². The number of hydrogen-bond donors (Lipinski definition) is 2. The summed E-state index contributed by atoms with van der Waals surface area (Å²) in [6, 6.07) is 3.78. The van der Waals surface area contributed by atoms with Crippen molar-refractivity contribution in [3.8, 4) is 0 Å². The van der Waals surface area contributed by atoms with Gasteiger partial charge in [0, 0.05) is 24.9 Å². The molecule has 94 valence electrons. The number of rotatable bonds is 6. The number of aryl methyl sites for hydroxylation is 1. The first-order chi connectivity index (χ1) is 8.75. The van der Waals surface area contributed by atoms with E-state index < -0.39 is 5.91 Å². The van der Waals surface area contributed by atoms with E-state index >= 15 is 0 Å². The Hall–Kier alpha value is -2.10. The lowest BCUT2D eigenvalue weighted by Crippen LogP contribution is -2.32. The van der Waals surface area contributed by atoms with Crippen molar-refractivity contribution >= 4 is 11.7 Å². The Morgan fingerprint density at radius 1 is 1.39 bits per heavy atom. The number of nitrogens with one attached hydrogen (secondary N) is 2. The molecule has 0 saturated carbocycles. The van der Waals surface area contributed by atoms with Crippen LogP contribution in [-0.2, 0) is 16.0 Å². The lowest BCUT2D eigenvalue weighted by Gasteiger charge is -2.04. The molecule has 0 saturated heterocycles. The van der Waals surface area contributed by atoms with E-state index in [4.69, 9.17) is 0 Å². The van der Waals surface area contributed by atoms with Crippen LogP contribution in [0, 0.1) is 0 Å². The molecule has 0 fully saturated rings. The Morgan fingerprint density at radius 3 is 2.94 bits per heavy atom. The highest BCUT2D eigenvalue weighted by Gasteiger charge is 2.13. The molecule has 1 aromatic heterocycles. The van der Waals surface area contributed by atoms with E-state index in [2.05, 4.69) is 10.3 Å². The maximum Gasteiger partial charge on any atom is 0.287 e. The Labute approximate surface area is 106 Å². The smallest absolute Gasteiger partial charge is 0.287 e. The van der Waals surface area contributed by atoms with Gasteiger partial charge in [-0.1, -0.05) is 18.2 Å². The maximum absolute atomic E-state index is 11.6. The fraction of sp³-hybridized carbons (Fsp3) is 0.286. The number of carbonyl (C=O) groups is 2. The van der Waals surface area contributed by atoms with Crippen molar-refractivity contribution in [2.24, 2.45) is 0 Å². The predicted molar refractivity (Wildman–Crippen MR) is 69.0 cm³/mol. The SMILES string of the molecule is O=C(CCc1ccc[nH]1)C(=O)NCC1=CC=CC1. The average molecular weight is 244 g/mol. The van der Waals surface area contributed by atoms with Crippen molar-refractivity contribution in [3.05, 3.63) is 47.8 Å². The monoisotopic (exact) mass is 244 g/mol. The molecule has 0 radical (unpaired) electrons. The lowest BCUT2D eigenvalue weighted by molar-refractivity contribution is -0.137. The maximum atomic E-state index is 11.6. The van der Waals surface area contributed by atoms with Crippen LogP contribution in [0.5, 0.6) is 0 Å². The molecular weight excluding hydrogens is 228 g/mol. The van der Waals surface area contributed by atoms with Crippen LogP contribution in [0.3, 0.4) is 0 Å². The Bertz CT molecular complexity index is 484. The summed E-state index contributed by atoms with van der Waals surface area (Å²) < 4.78 is 0. The minimum Gasteiger partial charge on any atom is -0.365 e. The first-order valence-electron chi connectivity index (χ1n) is 6.03. The number of aromatic nitrogens is 1. The number of carbonyl (C=O) groups excluding carboxylic acids is 2. The minimum absolute atomic E-state index is 0.240. The van der Waals surface area contributed by atoms with Crippen LogP contribution < -0.4 is 5.32 Å². The molecule has 0 atom stereocenters. The fourth-order valence-electron chi connectivity index (χ4n) is 1.80. The summed E-state index contributed by atoms with van der Waals surface area (Å²) in [5, 5.41) is 2.65. The topological polar surface area (TPSA) is 62.0 Å². The fourth-order valence-corrected chi connectivity index (χ4v) is 1.80. The highest BCUT2D eigenvalue weighted by molar-refractivity contribution is 6.36. The summed E-state index contributed by atoms with van der Waals surface area (Å²) in [4.78, 5) is 26.1. The van der Waals surface area contributed by atoms with E-state index in [1.165, 1.54) is 0 Å². The zero-order valence-corrected chi connectivity index (χ0v) is 10.1. The van der Waals surface area contributed by atoms with E-state index in [-0.39, 0.29) is 12.2 Å². The second-order valence-corrected chi connectivity index (χ2v) is 4.26. The van der Waals surface area contributed by atoms with Crippen LogP contribution in [0.25, 0.3) is 0 Å².